The van der Waals surface area contributed by atoms with Gasteiger partial charge in [0.15, 0.2) is 5.82 Å². The van der Waals surface area contributed by atoms with E-state index in [1.807, 2.05) is 24.4 Å². The first-order valence-corrected chi connectivity index (χ1v) is 9.52. The van der Waals surface area contributed by atoms with Crippen molar-refractivity contribution in [3.05, 3.63) is 53.3 Å². The van der Waals surface area contributed by atoms with Crippen LogP contribution in [-0.4, -0.2) is 32.8 Å². The number of pyridine rings is 1. The van der Waals surface area contributed by atoms with Crippen molar-refractivity contribution in [2.24, 2.45) is 10.9 Å². The average molecular weight is 371 g/mol. The summed E-state index contributed by atoms with van der Waals surface area (Å²) in [5, 5.41) is 13.4. The fourth-order valence-electron chi connectivity index (χ4n) is 3.41. The molecular weight excluding hydrogens is 350 g/mol. The SMILES string of the molecule is Cc1ccccc1-c1cnc2c(c1)/C(=C\c1[nH]c(NCC3CC3)nc1O)C=N2. The zero-order valence-corrected chi connectivity index (χ0v) is 15.6. The van der Waals surface area contributed by atoms with Gasteiger partial charge in [0.1, 0.15) is 5.69 Å². The average Bonchev–Trinajstić information content (AvgIpc) is 3.36. The van der Waals surface area contributed by atoms with Gasteiger partial charge in [-0.15, -0.1) is 0 Å². The normalized spacial score (nSPS) is 16.5. The smallest absolute Gasteiger partial charge is 0.238 e. The molecule has 0 spiro atoms. The van der Waals surface area contributed by atoms with Gasteiger partial charge in [-0.25, -0.2) is 9.98 Å². The van der Waals surface area contributed by atoms with Crippen LogP contribution in [0, 0.1) is 12.8 Å². The molecule has 0 radical (unpaired) electrons. The second-order valence-electron chi connectivity index (χ2n) is 7.41. The Morgan fingerprint density at radius 3 is 2.93 bits per heavy atom. The van der Waals surface area contributed by atoms with E-state index in [4.69, 9.17) is 0 Å². The fraction of sp³-hybridized carbons (Fsp3) is 0.227. The summed E-state index contributed by atoms with van der Waals surface area (Å²) in [6.45, 7) is 2.98. The molecule has 1 fully saturated rings. The van der Waals surface area contributed by atoms with Crippen molar-refractivity contribution in [1.82, 2.24) is 15.0 Å². The summed E-state index contributed by atoms with van der Waals surface area (Å²) in [7, 11) is 0. The summed E-state index contributed by atoms with van der Waals surface area (Å²) in [6, 6.07) is 10.3. The van der Waals surface area contributed by atoms with Gasteiger partial charge in [-0.05, 0) is 49.0 Å². The number of benzene rings is 1. The lowest BCUT2D eigenvalue weighted by Crippen LogP contribution is -2.04. The number of aryl methyl sites for hydroxylation is 1. The van der Waals surface area contributed by atoms with E-state index in [9.17, 15) is 5.11 Å². The Hall–Kier alpha value is -3.41. The van der Waals surface area contributed by atoms with Gasteiger partial charge in [-0.2, -0.15) is 4.98 Å². The molecule has 1 aliphatic carbocycles. The Labute approximate surface area is 163 Å². The second-order valence-corrected chi connectivity index (χ2v) is 7.41. The van der Waals surface area contributed by atoms with Crippen LogP contribution in [0.15, 0.2) is 41.5 Å². The monoisotopic (exact) mass is 371 g/mol. The highest BCUT2D eigenvalue weighted by Gasteiger charge is 2.22. The van der Waals surface area contributed by atoms with Gasteiger partial charge < -0.3 is 15.4 Å². The first kappa shape index (κ1) is 16.7. The summed E-state index contributed by atoms with van der Waals surface area (Å²) in [4.78, 5) is 16.2. The van der Waals surface area contributed by atoms with Crippen molar-refractivity contribution in [3.8, 4) is 17.0 Å². The Kier molecular flexibility index (Phi) is 3.97. The third-order valence-corrected chi connectivity index (χ3v) is 5.23. The number of rotatable bonds is 5. The van der Waals surface area contributed by atoms with E-state index >= 15 is 0 Å². The molecule has 6 nitrogen and oxygen atoms in total. The van der Waals surface area contributed by atoms with Gasteiger partial charge in [0.25, 0.3) is 0 Å². The predicted octanol–water partition coefficient (Wildman–Crippen LogP) is 4.56. The molecule has 0 saturated heterocycles. The lowest BCUT2D eigenvalue weighted by Gasteiger charge is -2.07. The maximum atomic E-state index is 10.2. The Balaban J connectivity index is 1.46. The molecule has 1 saturated carbocycles. The molecule has 3 heterocycles. The molecule has 5 rings (SSSR count). The third-order valence-electron chi connectivity index (χ3n) is 5.23. The number of imidazole rings is 1. The predicted molar refractivity (Wildman–Crippen MR) is 112 cm³/mol. The van der Waals surface area contributed by atoms with E-state index in [1.54, 1.807) is 6.21 Å². The summed E-state index contributed by atoms with van der Waals surface area (Å²) in [5.41, 5.74) is 5.81. The highest BCUT2D eigenvalue weighted by molar-refractivity contribution is 6.21. The number of anilines is 1. The molecule has 3 N–H and O–H groups in total. The molecule has 140 valence electrons. The van der Waals surface area contributed by atoms with Crippen molar-refractivity contribution in [1.29, 1.82) is 0 Å². The van der Waals surface area contributed by atoms with Crippen LogP contribution in [0.2, 0.25) is 0 Å². The summed E-state index contributed by atoms with van der Waals surface area (Å²) in [6.07, 6.45) is 8.02. The Bertz CT molecular complexity index is 1110. The van der Waals surface area contributed by atoms with E-state index in [-0.39, 0.29) is 5.88 Å². The van der Waals surface area contributed by atoms with Crippen molar-refractivity contribution in [2.75, 3.05) is 11.9 Å². The molecule has 0 bridgehead atoms. The molecule has 0 unspecified atom stereocenters. The number of hydrogen-bond donors (Lipinski definition) is 3. The minimum atomic E-state index is -0.0179. The summed E-state index contributed by atoms with van der Waals surface area (Å²) in [5.74, 6) is 2.00. The lowest BCUT2D eigenvalue weighted by atomic mass is 9.99. The largest absolute Gasteiger partial charge is 0.492 e. The molecular formula is C22H21N5O. The molecule has 2 aromatic heterocycles. The molecule has 2 aliphatic rings. The number of hydrogen-bond acceptors (Lipinski definition) is 5. The van der Waals surface area contributed by atoms with E-state index < -0.39 is 0 Å². The zero-order chi connectivity index (χ0) is 19.1. The number of allylic oxidation sites excluding steroid dienone is 1. The number of fused-ring (bicyclic) bond motifs is 1. The molecule has 0 atom stereocenters. The van der Waals surface area contributed by atoms with Crippen LogP contribution >= 0.6 is 0 Å². The Morgan fingerprint density at radius 1 is 1.25 bits per heavy atom. The highest BCUT2D eigenvalue weighted by atomic mass is 16.3. The fourth-order valence-corrected chi connectivity index (χ4v) is 3.41. The van der Waals surface area contributed by atoms with E-state index in [0.29, 0.717) is 17.5 Å². The van der Waals surface area contributed by atoms with Gasteiger partial charge in [0, 0.05) is 35.7 Å². The topological polar surface area (TPSA) is 86.2 Å². The van der Waals surface area contributed by atoms with E-state index in [1.165, 1.54) is 18.4 Å². The number of H-pyrrole nitrogens is 1. The number of aliphatic imine (C=N–C) groups is 1. The van der Waals surface area contributed by atoms with Crippen LogP contribution in [0.25, 0.3) is 22.8 Å². The third kappa shape index (κ3) is 3.17. The number of nitrogens with zero attached hydrogens (tertiary/aromatic N) is 3. The van der Waals surface area contributed by atoms with Gasteiger partial charge in [0.05, 0.1) is 0 Å². The maximum Gasteiger partial charge on any atom is 0.238 e. The van der Waals surface area contributed by atoms with Crippen LogP contribution in [-0.2, 0) is 0 Å². The standard InChI is InChI=1S/C22H21N5O/c1-13-4-2-3-5-17(13)15-8-18-16(12-24-20(18)23-11-15)9-19-21(28)27-22(26-19)25-10-14-6-7-14/h2-5,8-9,11-12,14,28H,6-7,10H2,1H3,(H2,25,26,27)/b16-9-. The van der Waals surface area contributed by atoms with Crippen molar-refractivity contribution >= 4 is 29.6 Å². The quantitative estimate of drug-likeness (QED) is 0.613. The van der Waals surface area contributed by atoms with Gasteiger partial charge in [-0.3, -0.25) is 0 Å². The van der Waals surface area contributed by atoms with E-state index in [2.05, 4.69) is 50.4 Å². The van der Waals surface area contributed by atoms with Crippen molar-refractivity contribution in [3.63, 3.8) is 0 Å². The second kappa shape index (κ2) is 6.64. The number of nitrogens with one attached hydrogen (secondary N) is 2. The Morgan fingerprint density at radius 2 is 2.11 bits per heavy atom. The molecule has 6 heteroatoms. The van der Waals surface area contributed by atoms with E-state index in [0.717, 1.165) is 34.7 Å². The summed E-state index contributed by atoms with van der Waals surface area (Å²) < 4.78 is 0. The highest BCUT2D eigenvalue weighted by Crippen LogP contribution is 2.35. The van der Waals surface area contributed by atoms with Crippen LogP contribution in [0.5, 0.6) is 5.88 Å². The van der Waals surface area contributed by atoms with Gasteiger partial charge in [-0.1, -0.05) is 24.3 Å². The summed E-state index contributed by atoms with van der Waals surface area (Å²) >= 11 is 0. The van der Waals surface area contributed by atoms with Crippen LogP contribution < -0.4 is 5.32 Å². The molecule has 3 aromatic rings. The number of aromatic nitrogens is 3. The van der Waals surface area contributed by atoms with Crippen molar-refractivity contribution < 1.29 is 5.11 Å². The minimum Gasteiger partial charge on any atom is -0.492 e. The molecule has 1 aliphatic heterocycles. The van der Waals surface area contributed by atoms with Gasteiger partial charge in [0.2, 0.25) is 11.8 Å². The van der Waals surface area contributed by atoms with Crippen molar-refractivity contribution in [2.45, 2.75) is 19.8 Å². The molecule has 0 amide bonds. The zero-order valence-electron chi connectivity index (χ0n) is 15.6. The van der Waals surface area contributed by atoms with Crippen LogP contribution in [0.1, 0.15) is 29.7 Å². The molecule has 28 heavy (non-hydrogen) atoms. The maximum absolute atomic E-state index is 10.2. The minimum absolute atomic E-state index is 0.0179. The lowest BCUT2D eigenvalue weighted by molar-refractivity contribution is 0.455. The molecule has 1 aromatic carbocycles. The number of aromatic hydroxyl groups is 1. The van der Waals surface area contributed by atoms with Gasteiger partial charge >= 0.3 is 0 Å². The van der Waals surface area contributed by atoms with Crippen LogP contribution in [0.3, 0.4) is 0 Å². The number of aromatic amines is 1. The van der Waals surface area contributed by atoms with Crippen LogP contribution in [0.4, 0.5) is 11.8 Å². The first-order valence-electron chi connectivity index (χ1n) is 9.52. The first-order chi connectivity index (χ1) is 13.7.